The van der Waals surface area contributed by atoms with Crippen molar-refractivity contribution in [3.05, 3.63) is 0 Å². The molecule has 0 bridgehead atoms. The summed E-state index contributed by atoms with van der Waals surface area (Å²) in [6.45, 7) is 8.83. The second-order valence-corrected chi connectivity index (χ2v) is 7.64. The summed E-state index contributed by atoms with van der Waals surface area (Å²) in [7, 11) is 0. The molecule has 4 atom stereocenters. The number of carbonyl (C=O) groups is 4. The van der Waals surface area contributed by atoms with Crippen molar-refractivity contribution in [3.8, 4) is 0 Å². The number of nitrogens with one attached hydrogen (secondary N) is 3. The van der Waals surface area contributed by atoms with Gasteiger partial charge in [0.15, 0.2) is 0 Å². The molecule has 27 heavy (non-hydrogen) atoms. The fourth-order valence-electron chi connectivity index (χ4n) is 2.14. The first-order valence-corrected chi connectivity index (χ1v) is 9.54. The van der Waals surface area contributed by atoms with E-state index < -0.39 is 47.9 Å². The molecule has 0 aliphatic carbocycles. The summed E-state index contributed by atoms with van der Waals surface area (Å²) in [5.41, 5.74) is 5.82. The maximum atomic E-state index is 12.5. The topological polar surface area (TPSA) is 151 Å². The van der Waals surface area contributed by atoms with Gasteiger partial charge in [-0.2, -0.15) is 12.6 Å². The fraction of sp³-hybridized carbons (Fsp3) is 0.765. The van der Waals surface area contributed by atoms with E-state index in [1.54, 1.807) is 13.8 Å². The summed E-state index contributed by atoms with van der Waals surface area (Å²) in [5, 5.41) is 16.4. The predicted octanol–water partition coefficient (Wildman–Crippen LogP) is -0.495. The molecule has 9 nitrogen and oxygen atoms in total. The van der Waals surface area contributed by atoms with Crippen LogP contribution in [0.15, 0.2) is 0 Å². The molecular formula is C17H32N4O5S. The van der Waals surface area contributed by atoms with Crippen molar-refractivity contribution < 1.29 is 24.3 Å². The number of carbonyl (C=O) groups excluding carboxylic acids is 3. The average molecular weight is 405 g/mol. The average Bonchev–Trinajstić information content (AvgIpc) is 2.56. The number of hydrogen-bond acceptors (Lipinski definition) is 6. The van der Waals surface area contributed by atoms with Crippen molar-refractivity contribution in [1.29, 1.82) is 0 Å². The highest BCUT2D eigenvalue weighted by Crippen LogP contribution is 2.07. The molecule has 0 radical (unpaired) electrons. The summed E-state index contributed by atoms with van der Waals surface area (Å²) in [6.07, 6.45) is 0.366. The van der Waals surface area contributed by atoms with Crippen LogP contribution in [-0.2, 0) is 19.2 Å². The molecule has 0 fully saturated rings. The molecule has 0 heterocycles. The molecule has 0 saturated carbocycles. The van der Waals surface area contributed by atoms with Gasteiger partial charge >= 0.3 is 5.97 Å². The van der Waals surface area contributed by atoms with Gasteiger partial charge in [-0.3, -0.25) is 14.4 Å². The van der Waals surface area contributed by atoms with Crippen molar-refractivity contribution in [2.24, 2.45) is 17.6 Å². The second kappa shape index (κ2) is 11.8. The number of rotatable bonds is 11. The molecular weight excluding hydrogens is 372 g/mol. The van der Waals surface area contributed by atoms with E-state index in [-0.39, 0.29) is 17.6 Å². The van der Waals surface area contributed by atoms with Crippen molar-refractivity contribution in [1.82, 2.24) is 16.0 Å². The van der Waals surface area contributed by atoms with E-state index in [1.165, 1.54) is 6.92 Å². The monoisotopic (exact) mass is 404 g/mol. The molecule has 6 N–H and O–H groups in total. The SMILES string of the molecule is CC(C)CC(NC(=O)C(N)C(C)C)C(=O)NC(C)C(=O)NC(CS)C(=O)O. The third-order valence-corrected chi connectivity index (χ3v) is 4.28. The van der Waals surface area contributed by atoms with Crippen LogP contribution in [0.1, 0.15) is 41.0 Å². The minimum absolute atomic E-state index is 0.0825. The van der Waals surface area contributed by atoms with E-state index in [9.17, 15) is 19.2 Å². The van der Waals surface area contributed by atoms with E-state index in [2.05, 4.69) is 28.6 Å². The number of carboxylic acid groups (broad SMARTS) is 1. The van der Waals surface area contributed by atoms with Gasteiger partial charge in [0.05, 0.1) is 6.04 Å². The Labute approximate surface area is 165 Å². The molecule has 0 aliphatic heterocycles. The maximum Gasteiger partial charge on any atom is 0.327 e. The van der Waals surface area contributed by atoms with E-state index in [4.69, 9.17) is 10.8 Å². The summed E-state index contributed by atoms with van der Waals surface area (Å²) in [6, 6.07) is -3.74. The van der Waals surface area contributed by atoms with Gasteiger partial charge in [0.2, 0.25) is 17.7 Å². The zero-order valence-corrected chi connectivity index (χ0v) is 17.4. The van der Waals surface area contributed by atoms with Crippen molar-refractivity contribution in [2.45, 2.75) is 65.2 Å². The standard InChI is InChI=1S/C17H32N4O5S/c1-8(2)6-11(20-16(24)13(18)9(3)4)15(23)19-10(5)14(22)21-12(7-27)17(25)26/h8-13,27H,6-7,18H2,1-5H3,(H,19,23)(H,20,24)(H,21,22)(H,25,26). The van der Waals surface area contributed by atoms with E-state index in [0.717, 1.165) is 0 Å². The normalized spacial score (nSPS) is 15.6. The van der Waals surface area contributed by atoms with Gasteiger partial charge in [0, 0.05) is 5.75 Å². The molecule has 0 aliphatic rings. The Morgan fingerprint density at radius 2 is 1.41 bits per heavy atom. The highest BCUT2D eigenvalue weighted by molar-refractivity contribution is 7.80. The Morgan fingerprint density at radius 1 is 0.889 bits per heavy atom. The molecule has 0 rings (SSSR count). The largest absolute Gasteiger partial charge is 0.480 e. The van der Waals surface area contributed by atoms with Crippen LogP contribution < -0.4 is 21.7 Å². The Hall–Kier alpha value is -1.81. The number of carboxylic acids is 1. The number of nitrogens with two attached hydrogens (primary N) is 1. The third-order valence-electron chi connectivity index (χ3n) is 3.91. The molecule has 0 aromatic heterocycles. The molecule has 10 heteroatoms. The minimum atomic E-state index is -1.22. The summed E-state index contributed by atoms with van der Waals surface area (Å²) in [4.78, 5) is 47.8. The number of amides is 3. The van der Waals surface area contributed by atoms with Gasteiger partial charge in [0.25, 0.3) is 0 Å². The third kappa shape index (κ3) is 9.09. The highest BCUT2D eigenvalue weighted by atomic mass is 32.1. The van der Waals surface area contributed by atoms with Gasteiger partial charge in [-0.05, 0) is 25.2 Å². The summed E-state index contributed by atoms with van der Waals surface area (Å²) < 4.78 is 0. The van der Waals surface area contributed by atoms with Crippen molar-refractivity contribution in [2.75, 3.05) is 5.75 Å². The van der Waals surface area contributed by atoms with E-state index in [0.29, 0.717) is 6.42 Å². The smallest absolute Gasteiger partial charge is 0.327 e. The number of aliphatic carboxylic acids is 1. The number of thiol groups is 1. The second-order valence-electron chi connectivity index (χ2n) is 7.27. The van der Waals surface area contributed by atoms with Gasteiger partial charge in [-0.1, -0.05) is 27.7 Å². The van der Waals surface area contributed by atoms with Gasteiger partial charge in [0.1, 0.15) is 18.1 Å². The lowest BCUT2D eigenvalue weighted by molar-refractivity contribution is -0.141. The van der Waals surface area contributed by atoms with E-state index >= 15 is 0 Å². The van der Waals surface area contributed by atoms with Crippen molar-refractivity contribution in [3.63, 3.8) is 0 Å². The van der Waals surface area contributed by atoms with Crippen LogP contribution in [0, 0.1) is 11.8 Å². The molecule has 3 amide bonds. The van der Waals surface area contributed by atoms with Crippen LogP contribution in [0.4, 0.5) is 0 Å². The first-order chi connectivity index (χ1) is 12.4. The van der Waals surface area contributed by atoms with E-state index in [1.807, 2.05) is 13.8 Å². The fourth-order valence-corrected chi connectivity index (χ4v) is 2.38. The molecule has 0 spiro atoms. The highest BCUT2D eigenvalue weighted by Gasteiger charge is 2.29. The van der Waals surface area contributed by atoms with Crippen LogP contribution in [0.5, 0.6) is 0 Å². The first kappa shape index (κ1) is 25.2. The Balaban J connectivity index is 4.99. The predicted molar refractivity (Wildman–Crippen MR) is 105 cm³/mol. The minimum Gasteiger partial charge on any atom is -0.480 e. The van der Waals surface area contributed by atoms with Crippen LogP contribution >= 0.6 is 12.6 Å². The lowest BCUT2D eigenvalue weighted by atomic mass is 10.0. The van der Waals surface area contributed by atoms with Crippen LogP contribution in [0.2, 0.25) is 0 Å². The van der Waals surface area contributed by atoms with Gasteiger partial charge in [-0.25, -0.2) is 4.79 Å². The first-order valence-electron chi connectivity index (χ1n) is 8.91. The molecule has 4 unspecified atom stereocenters. The molecule has 156 valence electrons. The molecule has 0 aromatic rings. The lowest BCUT2D eigenvalue weighted by Crippen LogP contribution is -2.57. The Morgan fingerprint density at radius 3 is 1.81 bits per heavy atom. The van der Waals surface area contributed by atoms with Crippen LogP contribution in [0.3, 0.4) is 0 Å². The maximum absolute atomic E-state index is 12.5. The van der Waals surface area contributed by atoms with Crippen LogP contribution in [0.25, 0.3) is 0 Å². The van der Waals surface area contributed by atoms with Gasteiger partial charge in [-0.15, -0.1) is 0 Å². The number of hydrogen-bond donors (Lipinski definition) is 6. The summed E-state index contributed by atoms with van der Waals surface area (Å²) in [5.74, 6) is -2.91. The quantitative estimate of drug-likeness (QED) is 0.256. The lowest BCUT2D eigenvalue weighted by Gasteiger charge is -2.25. The molecule has 0 saturated heterocycles. The summed E-state index contributed by atoms with van der Waals surface area (Å²) >= 11 is 3.87. The zero-order valence-electron chi connectivity index (χ0n) is 16.5. The zero-order chi connectivity index (χ0) is 21.3. The molecule has 0 aromatic carbocycles. The van der Waals surface area contributed by atoms with Crippen molar-refractivity contribution >= 4 is 36.3 Å². The van der Waals surface area contributed by atoms with Gasteiger partial charge < -0.3 is 26.8 Å². The Kier molecular flexibility index (Phi) is 11.0. The van der Waals surface area contributed by atoms with Crippen LogP contribution in [-0.4, -0.2) is 58.7 Å². The Bertz CT molecular complexity index is 541.